The van der Waals surface area contributed by atoms with Crippen LogP contribution in [0.4, 0.5) is 13.2 Å². The van der Waals surface area contributed by atoms with Crippen molar-refractivity contribution in [3.8, 4) is 6.07 Å². The van der Waals surface area contributed by atoms with E-state index in [1.54, 1.807) is 6.07 Å². The molecule has 0 aliphatic heterocycles. The zero-order valence-corrected chi connectivity index (χ0v) is 8.69. The predicted octanol–water partition coefficient (Wildman–Crippen LogP) is 3.27. The first kappa shape index (κ1) is 10.9. The number of fused-ring (bicyclic) bond motifs is 1. The van der Waals surface area contributed by atoms with Crippen LogP contribution < -0.4 is 0 Å². The Balaban J connectivity index is 2.41. The highest BCUT2D eigenvalue weighted by molar-refractivity contribution is 7.18. The van der Waals surface area contributed by atoms with E-state index >= 15 is 0 Å². The number of halogens is 3. The molecule has 0 unspecified atom stereocenters. The van der Waals surface area contributed by atoms with Gasteiger partial charge in [0.25, 0.3) is 0 Å². The maximum absolute atomic E-state index is 12.1. The third-order valence-corrected chi connectivity index (χ3v) is 2.99. The van der Waals surface area contributed by atoms with Crippen molar-refractivity contribution in [3.63, 3.8) is 0 Å². The minimum absolute atomic E-state index is 0.213. The van der Waals surface area contributed by atoms with Gasteiger partial charge in [-0.2, -0.15) is 18.4 Å². The zero-order chi connectivity index (χ0) is 11.8. The van der Waals surface area contributed by atoms with Gasteiger partial charge in [-0.3, -0.25) is 0 Å². The maximum Gasteiger partial charge on any atom is 0.393 e. The van der Waals surface area contributed by atoms with E-state index < -0.39 is 12.6 Å². The summed E-state index contributed by atoms with van der Waals surface area (Å²) in [5.41, 5.74) is 0.351. The lowest BCUT2D eigenvalue weighted by molar-refractivity contribution is -0.126. The van der Waals surface area contributed by atoms with Crippen molar-refractivity contribution in [1.82, 2.24) is 4.98 Å². The van der Waals surface area contributed by atoms with Crippen molar-refractivity contribution in [3.05, 3.63) is 28.8 Å². The molecule has 6 heteroatoms. The molecule has 0 aliphatic rings. The molecule has 0 saturated carbocycles. The van der Waals surface area contributed by atoms with Crippen LogP contribution in [0.5, 0.6) is 0 Å². The highest BCUT2D eigenvalue weighted by atomic mass is 32.1. The van der Waals surface area contributed by atoms with Gasteiger partial charge >= 0.3 is 6.18 Å². The van der Waals surface area contributed by atoms with Crippen LogP contribution in [0.2, 0.25) is 0 Å². The van der Waals surface area contributed by atoms with Gasteiger partial charge < -0.3 is 0 Å². The summed E-state index contributed by atoms with van der Waals surface area (Å²) in [5.74, 6) is 0. The molecule has 16 heavy (non-hydrogen) atoms. The van der Waals surface area contributed by atoms with Crippen LogP contribution in [0.3, 0.4) is 0 Å². The minimum atomic E-state index is -4.21. The summed E-state index contributed by atoms with van der Waals surface area (Å²) in [6, 6.07) is 4.87. The predicted molar refractivity (Wildman–Crippen MR) is 54.1 cm³/mol. The number of hydrogen-bond donors (Lipinski definition) is 0. The van der Waals surface area contributed by atoms with E-state index in [1.807, 2.05) is 6.07 Å². The average molecular weight is 242 g/mol. The molecule has 0 radical (unpaired) electrons. The summed E-state index contributed by atoms with van der Waals surface area (Å²) in [7, 11) is 0. The van der Waals surface area contributed by atoms with Gasteiger partial charge in [-0.15, -0.1) is 11.3 Å². The number of thiophene rings is 1. The summed E-state index contributed by atoms with van der Waals surface area (Å²) in [6.07, 6.45) is -3.80. The zero-order valence-electron chi connectivity index (χ0n) is 7.88. The summed E-state index contributed by atoms with van der Waals surface area (Å²) in [5, 5.41) is 9.21. The SMILES string of the molecule is N#Cc1cnc2sc(CC(F)(F)F)cc2c1. The Hall–Kier alpha value is -1.61. The average Bonchev–Trinajstić information content (AvgIpc) is 2.55. The number of alkyl halides is 3. The Morgan fingerprint density at radius 3 is 2.75 bits per heavy atom. The first-order chi connectivity index (χ1) is 7.48. The molecular weight excluding hydrogens is 237 g/mol. The van der Waals surface area contributed by atoms with E-state index in [9.17, 15) is 13.2 Å². The van der Waals surface area contributed by atoms with E-state index in [-0.39, 0.29) is 4.88 Å². The number of nitrogens with zero attached hydrogens (tertiary/aromatic N) is 2. The molecule has 82 valence electrons. The Morgan fingerprint density at radius 1 is 1.38 bits per heavy atom. The number of nitriles is 1. The molecule has 2 heterocycles. The normalized spacial score (nSPS) is 11.6. The molecule has 0 saturated heterocycles. The molecule has 0 atom stereocenters. The van der Waals surface area contributed by atoms with Gasteiger partial charge in [0.15, 0.2) is 0 Å². The summed E-state index contributed by atoms with van der Waals surface area (Å²) in [4.78, 5) is 4.67. The van der Waals surface area contributed by atoms with Gasteiger partial charge in [-0.25, -0.2) is 4.98 Å². The van der Waals surface area contributed by atoms with Gasteiger partial charge in [0, 0.05) is 16.5 Å². The van der Waals surface area contributed by atoms with Gasteiger partial charge in [-0.1, -0.05) is 0 Å². The van der Waals surface area contributed by atoms with Crippen LogP contribution in [0.25, 0.3) is 10.2 Å². The Labute approximate surface area is 93.0 Å². The molecular formula is C10H5F3N2S. The van der Waals surface area contributed by atoms with Crippen LogP contribution in [0.1, 0.15) is 10.4 Å². The fraction of sp³-hybridized carbons (Fsp3) is 0.200. The van der Waals surface area contributed by atoms with E-state index in [4.69, 9.17) is 5.26 Å². The molecule has 0 N–H and O–H groups in total. The third kappa shape index (κ3) is 2.31. The molecule has 0 aliphatic carbocycles. The van der Waals surface area contributed by atoms with Gasteiger partial charge in [0.05, 0.1) is 12.0 Å². The molecule has 0 fully saturated rings. The lowest BCUT2D eigenvalue weighted by Crippen LogP contribution is -2.09. The Morgan fingerprint density at radius 2 is 2.12 bits per heavy atom. The largest absolute Gasteiger partial charge is 0.393 e. The van der Waals surface area contributed by atoms with Gasteiger partial charge in [-0.05, 0) is 12.1 Å². The smallest absolute Gasteiger partial charge is 0.244 e. The van der Waals surface area contributed by atoms with Crippen molar-refractivity contribution in [2.24, 2.45) is 0 Å². The van der Waals surface area contributed by atoms with E-state index in [1.165, 1.54) is 12.3 Å². The van der Waals surface area contributed by atoms with E-state index in [0.717, 1.165) is 11.3 Å². The number of aromatic nitrogens is 1. The first-order valence-corrected chi connectivity index (χ1v) is 5.15. The highest BCUT2D eigenvalue weighted by Gasteiger charge is 2.28. The summed E-state index contributed by atoms with van der Waals surface area (Å²) < 4.78 is 36.4. The highest BCUT2D eigenvalue weighted by Crippen LogP contribution is 2.29. The maximum atomic E-state index is 12.1. The van der Waals surface area contributed by atoms with Crippen LogP contribution in [-0.2, 0) is 6.42 Å². The van der Waals surface area contributed by atoms with Crippen LogP contribution >= 0.6 is 11.3 Å². The third-order valence-electron chi connectivity index (χ3n) is 1.93. The lowest BCUT2D eigenvalue weighted by Gasteiger charge is -2.01. The standard InChI is InChI=1S/C10H5F3N2S/c11-10(12,13)3-8-2-7-1-6(4-14)5-15-9(7)16-8/h1-2,5H,3H2. The fourth-order valence-electron chi connectivity index (χ4n) is 1.33. The quantitative estimate of drug-likeness (QED) is 0.769. The van der Waals surface area contributed by atoms with Crippen molar-refractivity contribution >= 4 is 21.6 Å². The second kappa shape index (κ2) is 3.76. The Bertz CT molecular complexity index is 565. The molecule has 0 spiro atoms. The van der Waals surface area contributed by atoms with Crippen molar-refractivity contribution in [2.75, 3.05) is 0 Å². The lowest BCUT2D eigenvalue weighted by atomic mass is 10.2. The van der Waals surface area contributed by atoms with E-state index in [2.05, 4.69) is 4.98 Å². The Kier molecular flexibility index (Phi) is 2.56. The molecule has 2 aromatic heterocycles. The summed E-state index contributed by atoms with van der Waals surface area (Å²) >= 11 is 1.00. The van der Waals surface area contributed by atoms with Crippen molar-refractivity contribution in [2.45, 2.75) is 12.6 Å². The monoisotopic (exact) mass is 242 g/mol. The fourth-order valence-corrected chi connectivity index (χ4v) is 2.34. The van der Waals surface area contributed by atoms with Gasteiger partial charge in [0.2, 0.25) is 0 Å². The second-order valence-electron chi connectivity index (χ2n) is 3.23. The van der Waals surface area contributed by atoms with Crippen LogP contribution in [0.15, 0.2) is 18.3 Å². The second-order valence-corrected chi connectivity index (χ2v) is 4.35. The minimum Gasteiger partial charge on any atom is -0.244 e. The topological polar surface area (TPSA) is 36.7 Å². The molecule has 0 amide bonds. The molecule has 2 rings (SSSR count). The van der Waals surface area contributed by atoms with Crippen LogP contribution in [0, 0.1) is 11.3 Å². The molecule has 2 aromatic rings. The van der Waals surface area contributed by atoms with Crippen LogP contribution in [-0.4, -0.2) is 11.2 Å². The van der Waals surface area contributed by atoms with Gasteiger partial charge in [0.1, 0.15) is 10.9 Å². The first-order valence-electron chi connectivity index (χ1n) is 4.33. The van der Waals surface area contributed by atoms with Crippen molar-refractivity contribution < 1.29 is 13.2 Å². The molecule has 0 bridgehead atoms. The summed E-state index contributed by atoms with van der Waals surface area (Å²) in [6.45, 7) is 0. The van der Waals surface area contributed by atoms with Crippen molar-refractivity contribution in [1.29, 1.82) is 5.26 Å². The van der Waals surface area contributed by atoms with E-state index in [0.29, 0.717) is 15.8 Å². The molecule has 0 aromatic carbocycles. The number of pyridine rings is 1. The number of rotatable bonds is 1. The molecule has 2 nitrogen and oxygen atoms in total. The number of hydrogen-bond acceptors (Lipinski definition) is 3.